The van der Waals surface area contributed by atoms with Gasteiger partial charge in [-0.05, 0) is 60.4 Å². The van der Waals surface area contributed by atoms with Gasteiger partial charge >= 0.3 is 0 Å². The van der Waals surface area contributed by atoms with Crippen molar-refractivity contribution in [2.24, 2.45) is 0 Å². The lowest BCUT2D eigenvalue weighted by molar-refractivity contribution is 0.305. The summed E-state index contributed by atoms with van der Waals surface area (Å²) in [4.78, 5) is 3.65. The van der Waals surface area contributed by atoms with Gasteiger partial charge in [-0.1, -0.05) is 42.5 Å². The zero-order chi connectivity index (χ0) is 20.3. The fraction of sp³-hybridized carbons (Fsp3) is 0.231. The predicted octanol–water partition coefficient (Wildman–Crippen LogP) is 5.38. The van der Waals surface area contributed by atoms with Crippen LogP contribution in [0.4, 0.5) is 0 Å². The molecule has 4 aromatic rings. The Labute approximate surface area is 176 Å². The third-order valence-corrected chi connectivity index (χ3v) is 5.67. The molecule has 3 aromatic carbocycles. The molecule has 1 aliphatic heterocycles. The highest BCUT2D eigenvalue weighted by atomic mass is 16.5. The highest BCUT2D eigenvalue weighted by Crippen LogP contribution is 2.35. The van der Waals surface area contributed by atoms with Gasteiger partial charge in [-0.2, -0.15) is 0 Å². The second-order valence-electron chi connectivity index (χ2n) is 7.64. The Bertz CT molecular complexity index is 1150. The lowest BCUT2D eigenvalue weighted by atomic mass is 9.94. The summed E-state index contributed by atoms with van der Waals surface area (Å²) in [5, 5.41) is 4.94. The summed E-state index contributed by atoms with van der Waals surface area (Å²) in [5.41, 5.74) is 6.16. The molecule has 4 heteroatoms. The Kier molecular flexibility index (Phi) is 5.16. The van der Waals surface area contributed by atoms with Gasteiger partial charge in [0.15, 0.2) is 0 Å². The Balaban J connectivity index is 1.44. The zero-order valence-electron chi connectivity index (χ0n) is 17.2. The number of aromatic nitrogens is 1. The Morgan fingerprint density at radius 1 is 0.900 bits per heavy atom. The van der Waals surface area contributed by atoms with Crippen molar-refractivity contribution < 1.29 is 9.47 Å². The number of hydrogen-bond donors (Lipinski definition) is 2. The third kappa shape index (κ3) is 3.66. The van der Waals surface area contributed by atoms with Crippen LogP contribution in [0.15, 0.2) is 72.8 Å². The smallest absolute Gasteiger partial charge is 0.120 e. The Morgan fingerprint density at radius 3 is 2.63 bits per heavy atom. The second-order valence-corrected chi connectivity index (χ2v) is 7.64. The lowest BCUT2D eigenvalue weighted by Crippen LogP contribution is -2.30. The monoisotopic (exact) mass is 398 g/mol. The number of fused-ring (bicyclic) bond motifs is 3. The number of hydrogen-bond acceptors (Lipinski definition) is 3. The first-order chi connectivity index (χ1) is 14.8. The molecule has 1 aliphatic rings. The molecule has 2 heterocycles. The van der Waals surface area contributed by atoms with Crippen molar-refractivity contribution in [1.29, 1.82) is 0 Å². The molecule has 4 nitrogen and oxygen atoms in total. The van der Waals surface area contributed by atoms with Crippen molar-refractivity contribution in [3.05, 3.63) is 95.2 Å². The maximum absolute atomic E-state index is 6.06. The molecule has 0 spiro atoms. The molecule has 1 aromatic heterocycles. The Morgan fingerprint density at radius 2 is 1.77 bits per heavy atom. The molecule has 0 aliphatic carbocycles. The first-order valence-corrected chi connectivity index (χ1v) is 10.6. The minimum absolute atomic E-state index is 0.122. The van der Waals surface area contributed by atoms with E-state index in [9.17, 15) is 0 Å². The van der Waals surface area contributed by atoms with E-state index in [1.807, 2.05) is 37.3 Å². The van der Waals surface area contributed by atoms with E-state index in [-0.39, 0.29) is 6.04 Å². The van der Waals surface area contributed by atoms with Crippen molar-refractivity contribution >= 4 is 10.9 Å². The molecule has 0 amide bonds. The van der Waals surface area contributed by atoms with Crippen molar-refractivity contribution in [2.45, 2.75) is 26.0 Å². The summed E-state index contributed by atoms with van der Waals surface area (Å²) in [7, 11) is 0. The van der Waals surface area contributed by atoms with Gasteiger partial charge in [0.2, 0.25) is 0 Å². The molecule has 5 rings (SSSR count). The number of nitrogens with one attached hydrogen (secondary N) is 2. The minimum atomic E-state index is 0.122. The maximum atomic E-state index is 6.06. The number of benzene rings is 3. The van der Waals surface area contributed by atoms with E-state index >= 15 is 0 Å². The molecule has 2 N–H and O–H groups in total. The lowest BCUT2D eigenvalue weighted by Gasteiger charge is -2.25. The summed E-state index contributed by atoms with van der Waals surface area (Å²) in [6.07, 6.45) is 1.01. The van der Waals surface area contributed by atoms with E-state index in [4.69, 9.17) is 9.47 Å². The molecular formula is C26H26N2O2. The van der Waals surface area contributed by atoms with Crippen LogP contribution in [0.25, 0.3) is 10.9 Å². The quantitative estimate of drug-likeness (QED) is 0.458. The molecule has 30 heavy (non-hydrogen) atoms. The number of aromatic amines is 1. The van der Waals surface area contributed by atoms with Gasteiger partial charge in [-0.15, -0.1) is 0 Å². The van der Waals surface area contributed by atoms with Gasteiger partial charge in [-0.25, -0.2) is 0 Å². The van der Waals surface area contributed by atoms with Crippen molar-refractivity contribution in [3.63, 3.8) is 0 Å². The van der Waals surface area contributed by atoms with E-state index in [1.165, 1.54) is 27.8 Å². The normalized spacial score (nSPS) is 15.7. The average Bonchev–Trinajstić information content (AvgIpc) is 3.17. The fourth-order valence-corrected chi connectivity index (χ4v) is 4.27. The third-order valence-electron chi connectivity index (χ3n) is 5.67. The molecule has 1 unspecified atom stereocenters. The largest absolute Gasteiger partial charge is 0.494 e. The van der Waals surface area contributed by atoms with E-state index in [0.717, 1.165) is 30.0 Å². The van der Waals surface area contributed by atoms with Crippen LogP contribution < -0.4 is 14.8 Å². The van der Waals surface area contributed by atoms with Crippen LogP contribution in [0.3, 0.4) is 0 Å². The topological polar surface area (TPSA) is 46.3 Å². The highest BCUT2D eigenvalue weighted by Gasteiger charge is 2.25. The summed E-state index contributed by atoms with van der Waals surface area (Å²) in [6.45, 7) is 4.21. The number of ether oxygens (including phenoxy) is 2. The fourth-order valence-electron chi connectivity index (χ4n) is 4.27. The van der Waals surface area contributed by atoms with E-state index in [1.54, 1.807) is 0 Å². The van der Waals surface area contributed by atoms with Crippen LogP contribution in [-0.4, -0.2) is 18.1 Å². The molecule has 0 saturated heterocycles. The van der Waals surface area contributed by atoms with E-state index in [0.29, 0.717) is 13.2 Å². The molecular weight excluding hydrogens is 372 g/mol. The molecule has 1 atom stereocenters. The molecule has 0 fully saturated rings. The summed E-state index contributed by atoms with van der Waals surface area (Å²) in [6, 6.07) is 25.1. The van der Waals surface area contributed by atoms with Gasteiger partial charge in [0.25, 0.3) is 0 Å². The molecule has 0 saturated carbocycles. The van der Waals surface area contributed by atoms with Crippen molar-refractivity contribution in [1.82, 2.24) is 10.3 Å². The van der Waals surface area contributed by atoms with Gasteiger partial charge in [0, 0.05) is 23.1 Å². The van der Waals surface area contributed by atoms with Crippen LogP contribution in [0.1, 0.15) is 35.3 Å². The first kappa shape index (κ1) is 18.8. The predicted molar refractivity (Wildman–Crippen MR) is 120 cm³/mol. The summed E-state index contributed by atoms with van der Waals surface area (Å²) < 4.78 is 11.8. The van der Waals surface area contributed by atoms with E-state index < -0.39 is 0 Å². The number of rotatable bonds is 6. The van der Waals surface area contributed by atoms with Crippen molar-refractivity contribution in [3.8, 4) is 11.5 Å². The summed E-state index contributed by atoms with van der Waals surface area (Å²) >= 11 is 0. The van der Waals surface area contributed by atoms with Crippen LogP contribution in [0.2, 0.25) is 0 Å². The van der Waals surface area contributed by atoms with Gasteiger partial charge < -0.3 is 19.8 Å². The van der Waals surface area contributed by atoms with Gasteiger partial charge in [0.1, 0.15) is 18.1 Å². The van der Waals surface area contributed by atoms with Crippen LogP contribution in [0.5, 0.6) is 11.5 Å². The maximum Gasteiger partial charge on any atom is 0.120 e. The van der Waals surface area contributed by atoms with Gasteiger partial charge in [0.05, 0.1) is 12.6 Å². The minimum Gasteiger partial charge on any atom is -0.494 e. The van der Waals surface area contributed by atoms with Crippen molar-refractivity contribution in [2.75, 3.05) is 13.2 Å². The van der Waals surface area contributed by atoms with Crippen LogP contribution >= 0.6 is 0 Å². The van der Waals surface area contributed by atoms with Crippen LogP contribution in [-0.2, 0) is 13.0 Å². The molecule has 0 bridgehead atoms. The standard InChI is InChI=1S/C26H26N2O2/c1-2-29-21-11-12-24-23(16-21)22-13-14-27-25(26(22)28-24)19-9-6-10-20(15-19)30-17-18-7-4-3-5-8-18/h3-12,15-16,25,27-28H,2,13-14,17H2,1H3. The summed E-state index contributed by atoms with van der Waals surface area (Å²) in [5.74, 6) is 1.82. The zero-order valence-corrected chi connectivity index (χ0v) is 17.2. The highest BCUT2D eigenvalue weighted by molar-refractivity contribution is 5.86. The Hall–Kier alpha value is -3.24. The average molecular weight is 399 g/mol. The number of H-pyrrole nitrogens is 1. The van der Waals surface area contributed by atoms with Crippen LogP contribution in [0, 0.1) is 0 Å². The van der Waals surface area contributed by atoms with Gasteiger partial charge in [-0.3, -0.25) is 0 Å². The molecule has 152 valence electrons. The van der Waals surface area contributed by atoms with E-state index in [2.05, 4.69) is 52.8 Å². The molecule has 0 radical (unpaired) electrons. The SMILES string of the molecule is CCOc1ccc2[nH]c3c(c2c1)CCNC3c1cccc(OCc2ccccc2)c1. The first-order valence-electron chi connectivity index (χ1n) is 10.6. The second kappa shape index (κ2) is 8.25.